The molecule has 0 saturated carbocycles. The van der Waals surface area contributed by atoms with Crippen LogP contribution in [-0.2, 0) is 11.3 Å². The first kappa shape index (κ1) is 21.0. The molecule has 1 fully saturated rings. The minimum atomic E-state index is 0.759. The third-order valence-electron chi connectivity index (χ3n) is 6.07. The highest BCUT2D eigenvalue weighted by atomic mass is 35.5. The molecule has 0 bridgehead atoms. The summed E-state index contributed by atoms with van der Waals surface area (Å²) in [7, 11) is 1.68. The molecule has 0 aliphatic carbocycles. The Balaban J connectivity index is 1.52. The fraction of sp³-hybridized carbons (Fsp3) is 0.269. The Kier molecular flexibility index (Phi) is 6.12. The van der Waals surface area contributed by atoms with E-state index in [1.54, 1.807) is 7.11 Å². The first-order valence-electron chi connectivity index (χ1n) is 10.9. The van der Waals surface area contributed by atoms with Crippen molar-refractivity contribution in [3.05, 3.63) is 72.1 Å². The van der Waals surface area contributed by atoms with Gasteiger partial charge in [-0.15, -0.1) is 0 Å². The van der Waals surface area contributed by atoms with Crippen LogP contribution in [0.15, 0.2) is 67.1 Å². The normalized spacial score (nSPS) is 14.7. The van der Waals surface area contributed by atoms with Crippen LogP contribution in [0.5, 0.6) is 5.75 Å². The lowest BCUT2D eigenvalue weighted by atomic mass is 10.0. The Bertz CT molecular complexity index is 1230. The Morgan fingerprint density at radius 1 is 0.969 bits per heavy atom. The van der Waals surface area contributed by atoms with Crippen LogP contribution in [0.3, 0.4) is 0 Å². The van der Waals surface area contributed by atoms with Crippen LogP contribution >= 0.6 is 11.6 Å². The van der Waals surface area contributed by atoms with Gasteiger partial charge < -0.3 is 14.0 Å². The fourth-order valence-corrected chi connectivity index (χ4v) is 4.61. The van der Waals surface area contributed by atoms with E-state index in [1.165, 1.54) is 0 Å². The number of nitrogens with zero attached hydrogens (tertiary/aromatic N) is 3. The number of fused-ring (bicyclic) bond motifs is 1. The highest BCUT2D eigenvalue weighted by Crippen LogP contribution is 2.37. The van der Waals surface area contributed by atoms with Gasteiger partial charge in [0.05, 0.1) is 30.9 Å². The van der Waals surface area contributed by atoms with Gasteiger partial charge in [-0.3, -0.25) is 9.88 Å². The van der Waals surface area contributed by atoms with Crippen molar-refractivity contribution in [1.29, 1.82) is 0 Å². The van der Waals surface area contributed by atoms with Crippen molar-refractivity contribution in [2.24, 2.45) is 0 Å². The molecular formula is C26H26ClN3O2. The Morgan fingerprint density at radius 3 is 2.62 bits per heavy atom. The van der Waals surface area contributed by atoms with Crippen LogP contribution in [0.25, 0.3) is 33.2 Å². The summed E-state index contributed by atoms with van der Waals surface area (Å²) in [5.41, 5.74) is 5.41. The first-order valence-corrected chi connectivity index (χ1v) is 11.3. The quantitative estimate of drug-likeness (QED) is 0.398. The lowest BCUT2D eigenvalue weighted by molar-refractivity contribution is 0.0365. The van der Waals surface area contributed by atoms with Crippen LogP contribution in [0.4, 0.5) is 0 Å². The van der Waals surface area contributed by atoms with Gasteiger partial charge in [0.25, 0.3) is 0 Å². The zero-order valence-corrected chi connectivity index (χ0v) is 18.9. The summed E-state index contributed by atoms with van der Waals surface area (Å²) in [6.07, 6.45) is 6.01. The van der Waals surface area contributed by atoms with E-state index in [0.717, 1.165) is 83.3 Å². The second-order valence-corrected chi connectivity index (χ2v) is 8.43. The van der Waals surface area contributed by atoms with E-state index in [9.17, 15) is 0 Å². The summed E-state index contributed by atoms with van der Waals surface area (Å²) in [6, 6.07) is 16.3. The SMILES string of the molecule is COc1cccc(-c2cncc(-c3cn(CCN4CCOCC4)c4cccc(Cl)c34)c2)c1. The number of morpholine rings is 1. The smallest absolute Gasteiger partial charge is 0.119 e. The second-order valence-electron chi connectivity index (χ2n) is 8.02. The van der Waals surface area contributed by atoms with Crippen LogP contribution in [-0.4, -0.2) is 54.4 Å². The minimum absolute atomic E-state index is 0.759. The molecule has 6 heteroatoms. The molecule has 5 nitrogen and oxygen atoms in total. The van der Waals surface area contributed by atoms with Crippen molar-refractivity contribution in [3.63, 3.8) is 0 Å². The van der Waals surface area contributed by atoms with Crippen LogP contribution in [0, 0.1) is 0 Å². The van der Waals surface area contributed by atoms with E-state index >= 15 is 0 Å². The van der Waals surface area contributed by atoms with Crippen molar-refractivity contribution in [2.75, 3.05) is 40.0 Å². The summed E-state index contributed by atoms with van der Waals surface area (Å²) in [6.45, 7) is 5.48. The molecule has 0 unspecified atom stereocenters. The Morgan fingerprint density at radius 2 is 1.78 bits per heavy atom. The highest BCUT2D eigenvalue weighted by Gasteiger charge is 2.16. The molecule has 1 aliphatic heterocycles. The largest absolute Gasteiger partial charge is 0.497 e. The summed E-state index contributed by atoms with van der Waals surface area (Å²) in [5, 5.41) is 1.83. The second kappa shape index (κ2) is 9.33. The lowest BCUT2D eigenvalue weighted by Gasteiger charge is -2.26. The number of halogens is 1. The maximum atomic E-state index is 6.69. The van der Waals surface area contributed by atoms with Gasteiger partial charge >= 0.3 is 0 Å². The highest BCUT2D eigenvalue weighted by molar-refractivity contribution is 6.36. The standard InChI is InChI=1S/C26H26ClN3O2/c1-31-22-5-2-4-19(15-22)20-14-21(17-28-16-20)23-18-30(9-8-29-10-12-32-13-11-29)25-7-3-6-24(27)26(23)25/h2-7,14-18H,8-13H2,1H3. The summed E-state index contributed by atoms with van der Waals surface area (Å²) >= 11 is 6.69. The number of ether oxygens (including phenoxy) is 2. The molecule has 0 atom stereocenters. The maximum absolute atomic E-state index is 6.69. The van der Waals surface area contributed by atoms with Gasteiger partial charge in [0.2, 0.25) is 0 Å². The lowest BCUT2D eigenvalue weighted by Crippen LogP contribution is -2.38. The zero-order chi connectivity index (χ0) is 21.9. The number of methoxy groups -OCH3 is 1. The molecule has 3 heterocycles. The van der Waals surface area contributed by atoms with Crippen molar-refractivity contribution < 1.29 is 9.47 Å². The van der Waals surface area contributed by atoms with Gasteiger partial charge in [-0.05, 0) is 35.9 Å². The van der Waals surface area contributed by atoms with Crippen LogP contribution in [0.2, 0.25) is 5.02 Å². The van der Waals surface area contributed by atoms with Gasteiger partial charge in [-0.1, -0.05) is 29.8 Å². The molecule has 0 N–H and O–H groups in total. The minimum Gasteiger partial charge on any atom is -0.497 e. The zero-order valence-electron chi connectivity index (χ0n) is 18.1. The topological polar surface area (TPSA) is 39.5 Å². The Labute approximate surface area is 193 Å². The van der Waals surface area contributed by atoms with E-state index in [-0.39, 0.29) is 0 Å². The number of rotatable bonds is 6. The molecule has 0 spiro atoms. The third kappa shape index (κ3) is 4.24. The average molecular weight is 448 g/mol. The van der Waals surface area contributed by atoms with Crippen molar-refractivity contribution in [3.8, 4) is 28.0 Å². The number of hydrogen-bond acceptors (Lipinski definition) is 4. The number of benzene rings is 2. The molecule has 1 aliphatic rings. The molecule has 4 aromatic rings. The molecule has 164 valence electrons. The molecule has 1 saturated heterocycles. The van der Waals surface area contributed by atoms with Crippen molar-refractivity contribution in [2.45, 2.75) is 6.54 Å². The number of hydrogen-bond donors (Lipinski definition) is 0. The molecule has 5 rings (SSSR count). The van der Waals surface area contributed by atoms with E-state index in [2.05, 4.69) is 38.8 Å². The van der Waals surface area contributed by atoms with Gasteiger partial charge in [-0.2, -0.15) is 0 Å². The van der Waals surface area contributed by atoms with E-state index < -0.39 is 0 Å². The number of pyridine rings is 1. The maximum Gasteiger partial charge on any atom is 0.119 e. The van der Waals surface area contributed by atoms with E-state index in [4.69, 9.17) is 21.1 Å². The van der Waals surface area contributed by atoms with Gasteiger partial charge in [0.1, 0.15) is 5.75 Å². The van der Waals surface area contributed by atoms with Crippen LogP contribution < -0.4 is 4.74 Å². The molecule has 32 heavy (non-hydrogen) atoms. The molecule has 2 aromatic carbocycles. The molecule has 2 aromatic heterocycles. The molecule has 0 amide bonds. The first-order chi connectivity index (χ1) is 15.7. The predicted molar refractivity (Wildman–Crippen MR) is 129 cm³/mol. The fourth-order valence-electron chi connectivity index (χ4n) is 4.33. The summed E-state index contributed by atoms with van der Waals surface area (Å²) < 4.78 is 13.2. The summed E-state index contributed by atoms with van der Waals surface area (Å²) in [5.74, 6) is 0.829. The molecule has 0 radical (unpaired) electrons. The van der Waals surface area contributed by atoms with Crippen molar-refractivity contribution >= 4 is 22.5 Å². The third-order valence-corrected chi connectivity index (χ3v) is 6.38. The Hall–Kier alpha value is -2.86. The van der Waals surface area contributed by atoms with Crippen molar-refractivity contribution in [1.82, 2.24) is 14.5 Å². The van der Waals surface area contributed by atoms with Gasteiger partial charge in [-0.25, -0.2) is 0 Å². The van der Waals surface area contributed by atoms with Crippen LogP contribution in [0.1, 0.15) is 0 Å². The monoisotopic (exact) mass is 447 g/mol. The van der Waals surface area contributed by atoms with Gasteiger partial charge in [0.15, 0.2) is 0 Å². The number of aromatic nitrogens is 2. The van der Waals surface area contributed by atoms with E-state index in [0.29, 0.717) is 0 Å². The molecular weight excluding hydrogens is 422 g/mol. The van der Waals surface area contributed by atoms with Gasteiger partial charge in [0, 0.05) is 66.8 Å². The predicted octanol–water partition coefficient (Wildman–Crippen LogP) is 5.36. The van der Waals surface area contributed by atoms with E-state index in [1.807, 2.05) is 42.7 Å². The average Bonchev–Trinajstić information content (AvgIpc) is 3.23. The summed E-state index contributed by atoms with van der Waals surface area (Å²) in [4.78, 5) is 6.99.